The van der Waals surface area contributed by atoms with Gasteiger partial charge < -0.3 is 5.32 Å². The molecule has 2 rings (SSSR count). The Hall–Kier alpha value is -0.860. The third-order valence-corrected chi connectivity index (χ3v) is 4.91. The molecule has 0 aromatic heterocycles. The first-order chi connectivity index (χ1) is 9.73. The number of benzene rings is 1. The average molecular weight is 274 g/mol. The molecule has 2 heteroatoms. The fourth-order valence-electron chi connectivity index (χ4n) is 3.40. The molecule has 1 unspecified atom stereocenters. The van der Waals surface area contributed by atoms with E-state index >= 15 is 0 Å². The quantitative estimate of drug-likeness (QED) is 0.854. The summed E-state index contributed by atoms with van der Waals surface area (Å²) in [5, 5.41) is 3.85. The van der Waals surface area contributed by atoms with E-state index in [4.69, 9.17) is 0 Å². The zero-order chi connectivity index (χ0) is 14.4. The molecule has 112 valence electrons. The highest BCUT2D eigenvalue weighted by Gasteiger charge is 2.36. The first-order valence-corrected chi connectivity index (χ1v) is 8.26. The van der Waals surface area contributed by atoms with Crippen molar-refractivity contribution in [2.45, 2.75) is 58.0 Å². The van der Waals surface area contributed by atoms with E-state index in [2.05, 4.69) is 61.3 Å². The third-order valence-electron chi connectivity index (χ3n) is 4.91. The van der Waals surface area contributed by atoms with Gasteiger partial charge in [0.2, 0.25) is 0 Å². The van der Waals surface area contributed by atoms with Crippen molar-refractivity contribution in [2.24, 2.45) is 0 Å². The summed E-state index contributed by atoms with van der Waals surface area (Å²) in [4.78, 5) is 2.72. The minimum Gasteiger partial charge on any atom is -0.308 e. The van der Waals surface area contributed by atoms with Gasteiger partial charge in [0.05, 0.1) is 0 Å². The molecule has 2 nitrogen and oxygen atoms in total. The van der Waals surface area contributed by atoms with Gasteiger partial charge in [-0.15, -0.1) is 0 Å². The molecule has 1 atom stereocenters. The van der Waals surface area contributed by atoms with Gasteiger partial charge in [-0.1, -0.05) is 51.1 Å². The molecule has 1 fully saturated rings. The highest BCUT2D eigenvalue weighted by atomic mass is 15.2. The van der Waals surface area contributed by atoms with Crippen molar-refractivity contribution in [3.8, 4) is 0 Å². The van der Waals surface area contributed by atoms with Crippen LogP contribution in [0.15, 0.2) is 30.3 Å². The number of hydrogen-bond donors (Lipinski definition) is 1. The minimum atomic E-state index is 0.336. The molecule has 0 spiro atoms. The minimum absolute atomic E-state index is 0.336. The molecule has 1 N–H and O–H groups in total. The molecule has 0 radical (unpaired) electrons. The van der Waals surface area contributed by atoms with E-state index in [9.17, 15) is 0 Å². The van der Waals surface area contributed by atoms with Crippen LogP contribution in [0.4, 0.5) is 0 Å². The van der Waals surface area contributed by atoms with Crippen LogP contribution in [0.3, 0.4) is 0 Å². The van der Waals surface area contributed by atoms with Gasteiger partial charge in [0.1, 0.15) is 0 Å². The lowest BCUT2D eigenvalue weighted by Crippen LogP contribution is -2.64. The highest BCUT2D eigenvalue weighted by molar-refractivity contribution is 5.16. The van der Waals surface area contributed by atoms with E-state index in [0.717, 1.165) is 13.0 Å². The van der Waals surface area contributed by atoms with Gasteiger partial charge in [-0.05, 0) is 37.8 Å². The summed E-state index contributed by atoms with van der Waals surface area (Å²) in [5.41, 5.74) is 1.79. The first-order valence-electron chi connectivity index (χ1n) is 8.26. The molecule has 1 aromatic carbocycles. The van der Waals surface area contributed by atoms with Gasteiger partial charge in [-0.3, -0.25) is 4.90 Å². The number of hydrogen-bond acceptors (Lipinski definition) is 2. The van der Waals surface area contributed by atoms with Gasteiger partial charge >= 0.3 is 0 Å². The van der Waals surface area contributed by atoms with E-state index in [0.29, 0.717) is 11.6 Å². The molecular weight excluding hydrogens is 244 g/mol. The molecule has 1 aliphatic rings. The van der Waals surface area contributed by atoms with Crippen LogP contribution >= 0.6 is 0 Å². The van der Waals surface area contributed by atoms with Crippen molar-refractivity contribution in [2.75, 3.05) is 19.6 Å². The van der Waals surface area contributed by atoms with Gasteiger partial charge in [-0.2, -0.15) is 0 Å². The zero-order valence-corrected chi connectivity index (χ0v) is 13.4. The Morgan fingerprint density at radius 3 is 2.45 bits per heavy atom. The summed E-state index contributed by atoms with van der Waals surface area (Å²) in [5.74, 6) is 0. The van der Waals surface area contributed by atoms with E-state index in [1.165, 1.54) is 37.9 Å². The number of nitrogens with zero attached hydrogens (tertiary/aromatic N) is 1. The fourth-order valence-corrected chi connectivity index (χ4v) is 3.40. The zero-order valence-electron chi connectivity index (χ0n) is 13.4. The lowest BCUT2D eigenvalue weighted by atomic mass is 9.87. The molecule has 1 heterocycles. The topological polar surface area (TPSA) is 15.3 Å². The summed E-state index contributed by atoms with van der Waals surface area (Å²) < 4.78 is 0. The standard InChI is InChI=1S/C18H30N2/c1-4-12-20-15-18(5-2,6-3)19-14-17(20)13-16-10-8-7-9-11-16/h7-11,17,19H,4-6,12-15H2,1-3H3. The SMILES string of the molecule is CCCN1CC(CC)(CC)NCC1Cc1ccccc1. The van der Waals surface area contributed by atoms with Crippen LogP contribution in [0.5, 0.6) is 0 Å². The average Bonchev–Trinajstić information content (AvgIpc) is 2.50. The predicted molar refractivity (Wildman–Crippen MR) is 87.1 cm³/mol. The Kier molecular flexibility index (Phi) is 5.62. The van der Waals surface area contributed by atoms with E-state index in [-0.39, 0.29) is 0 Å². The summed E-state index contributed by atoms with van der Waals surface area (Å²) in [6, 6.07) is 11.6. The molecule has 20 heavy (non-hydrogen) atoms. The Labute approximate surface area is 124 Å². The van der Waals surface area contributed by atoms with Crippen LogP contribution < -0.4 is 5.32 Å². The molecule has 1 aliphatic heterocycles. The van der Waals surface area contributed by atoms with Crippen LogP contribution in [0.1, 0.15) is 45.6 Å². The molecule has 0 aliphatic carbocycles. The second-order valence-electron chi connectivity index (χ2n) is 6.18. The van der Waals surface area contributed by atoms with Gasteiger partial charge in [-0.25, -0.2) is 0 Å². The Morgan fingerprint density at radius 2 is 1.85 bits per heavy atom. The summed E-state index contributed by atoms with van der Waals surface area (Å²) >= 11 is 0. The van der Waals surface area contributed by atoms with Crippen molar-refractivity contribution in [1.29, 1.82) is 0 Å². The van der Waals surface area contributed by atoms with Gasteiger partial charge in [0.25, 0.3) is 0 Å². The molecule has 0 saturated carbocycles. The van der Waals surface area contributed by atoms with E-state index in [1.54, 1.807) is 0 Å². The van der Waals surface area contributed by atoms with Crippen molar-refractivity contribution in [3.05, 3.63) is 35.9 Å². The van der Waals surface area contributed by atoms with Crippen molar-refractivity contribution in [1.82, 2.24) is 10.2 Å². The van der Waals surface area contributed by atoms with Crippen molar-refractivity contribution in [3.63, 3.8) is 0 Å². The maximum absolute atomic E-state index is 3.85. The summed E-state index contributed by atoms with van der Waals surface area (Å²) in [6.45, 7) is 10.5. The number of piperazine rings is 1. The monoisotopic (exact) mass is 274 g/mol. The highest BCUT2D eigenvalue weighted by Crippen LogP contribution is 2.24. The van der Waals surface area contributed by atoms with Gasteiger partial charge in [0, 0.05) is 24.7 Å². The molecule has 1 saturated heterocycles. The first kappa shape index (κ1) is 15.5. The number of nitrogens with one attached hydrogen (secondary N) is 1. The van der Waals surface area contributed by atoms with Crippen LogP contribution in [0, 0.1) is 0 Å². The summed E-state index contributed by atoms with van der Waals surface area (Å²) in [7, 11) is 0. The Bertz CT molecular complexity index is 384. The maximum atomic E-state index is 3.85. The number of rotatable bonds is 6. The molecule has 0 bridgehead atoms. The largest absolute Gasteiger partial charge is 0.308 e. The fraction of sp³-hybridized carbons (Fsp3) is 0.667. The second-order valence-corrected chi connectivity index (χ2v) is 6.18. The van der Waals surface area contributed by atoms with Gasteiger partial charge in [0.15, 0.2) is 0 Å². The molecular formula is C18H30N2. The van der Waals surface area contributed by atoms with Crippen LogP contribution in [-0.4, -0.2) is 36.1 Å². The molecule has 0 amide bonds. The van der Waals surface area contributed by atoms with E-state index < -0.39 is 0 Å². The lowest BCUT2D eigenvalue weighted by molar-refractivity contribution is 0.0726. The second kappa shape index (κ2) is 7.24. The van der Waals surface area contributed by atoms with Crippen LogP contribution in [-0.2, 0) is 6.42 Å². The Morgan fingerprint density at radius 1 is 1.15 bits per heavy atom. The predicted octanol–water partition coefficient (Wildman–Crippen LogP) is 3.47. The maximum Gasteiger partial charge on any atom is 0.0304 e. The van der Waals surface area contributed by atoms with Crippen molar-refractivity contribution < 1.29 is 0 Å². The van der Waals surface area contributed by atoms with E-state index in [1.807, 2.05) is 0 Å². The lowest BCUT2D eigenvalue weighted by Gasteiger charge is -2.47. The summed E-state index contributed by atoms with van der Waals surface area (Å²) in [6.07, 6.45) is 4.86. The third kappa shape index (κ3) is 3.62. The van der Waals surface area contributed by atoms with Crippen LogP contribution in [0.25, 0.3) is 0 Å². The molecule has 1 aromatic rings. The van der Waals surface area contributed by atoms with Crippen LogP contribution in [0.2, 0.25) is 0 Å². The smallest absolute Gasteiger partial charge is 0.0304 e. The normalized spacial score (nSPS) is 22.9. The Balaban J connectivity index is 2.05. The van der Waals surface area contributed by atoms with Crippen molar-refractivity contribution >= 4 is 0 Å².